The summed E-state index contributed by atoms with van der Waals surface area (Å²) in [5.41, 5.74) is 1.42. The van der Waals surface area contributed by atoms with Gasteiger partial charge >= 0.3 is 0 Å². The van der Waals surface area contributed by atoms with Crippen molar-refractivity contribution in [2.24, 2.45) is 0 Å². The van der Waals surface area contributed by atoms with Gasteiger partial charge in [0.2, 0.25) is 0 Å². The molecule has 1 aliphatic heterocycles. The summed E-state index contributed by atoms with van der Waals surface area (Å²) in [4.78, 5) is 12.7. The molecule has 0 saturated carbocycles. The number of carbonyl (C=O) groups is 1. The van der Waals surface area contributed by atoms with Gasteiger partial charge in [0, 0.05) is 24.1 Å². The number of aryl methyl sites for hydroxylation is 1. The first-order chi connectivity index (χ1) is 15.6. The summed E-state index contributed by atoms with van der Waals surface area (Å²) in [7, 11) is 0. The molecule has 0 radical (unpaired) electrons. The summed E-state index contributed by atoms with van der Waals surface area (Å²) in [5.74, 6) is 1.03. The van der Waals surface area contributed by atoms with Crippen LogP contribution in [0, 0.1) is 5.82 Å². The third kappa shape index (κ3) is 3.91. The lowest BCUT2D eigenvalue weighted by Gasteiger charge is -2.10. The third-order valence-electron chi connectivity index (χ3n) is 5.55. The van der Waals surface area contributed by atoms with E-state index < -0.39 is 11.7 Å². The van der Waals surface area contributed by atoms with Crippen molar-refractivity contribution in [2.75, 3.05) is 5.32 Å². The van der Waals surface area contributed by atoms with E-state index in [0.717, 1.165) is 38.1 Å². The van der Waals surface area contributed by atoms with E-state index in [1.54, 1.807) is 30.3 Å². The molecule has 0 unspecified atom stereocenters. The first kappa shape index (κ1) is 20.5. The van der Waals surface area contributed by atoms with Crippen LogP contribution in [0.15, 0.2) is 59.0 Å². The van der Waals surface area contributed by atoms with Crippen LogP contribution < -0.4 is 5.32 Å². The Hall–Kier alpha value is -3.45. The highest BCUT2D eigenvalue weighted by Gasteiger charge is 2.19. The second kappa shape index (κ2) is 8.59. The summed E-state index contributed by atoms with van der Waals surface area (Å²) < 4.78 is 22.3. The molecule has 8 heteroatoms. The van der Waals surface area contributed by atoms with Crippen molar-refractivity contribution in [3.8, 4) is 22.7 Å². The SMILES string of the molecule is O=C(Nc1cc(-c2nnc3n2CCCCC3)ccc1F)c1ccc(-c2ccccc2Cl)o1. The van der Waals surface area contributed by atoms with Crippen LogP contribution in [0.25, 0.3) is 22.7 Å². The lowest BCUT2D eigenvalue weighted by Crippen LogP contribution is -2.12. The van der Waals surface area contributed by atoms with Crippen molar-refractivity contribution in [1.29, 1.82) is 0 Å². The van der Waals surface area contributed by atoms with E-state index in [0.29, 0.717) is 27.7 Å². The Morgan fingerprint density at radius 1 is 1.06 bits per heavy atom. The maximum atomic E-state index is 14.5. The number of rotatable bonds is 4. The Morgan fingerprint density at radius 3 is 2.81 bits per heavy atom. The monoisotopic (exact) mass is 450 g/mol. The molecule has 0 spiro atoms. The predicted octanol–water partition coefficient (Wildman–Crippen LogP) is 5.98. The van der Waals surface area contributed by atoms with Gasteiger partial charge in [0.05, 0.1) is 10.7 Å². The minimum atomic E-state index is -0.556. The highest BCUT2D eigenvalue weighted by molar-refractivity contribution is 6.33. The molecule has 2 aromatic carbocycles. The summed E-state index contributed by atoms with van der Waals surface area (Å²) in [5, 5.41) is 11.7. The summed E-state index contributed by atoms with van der Waals surface area (Å²) in [6, 6.07) is 14.9. The number of carbonyl (C=O) groups excluding carboxylic acids is 1. The molecule has 32 heavy (non-hydrogen) atoms. The molecule has 4 aromatic rings. The molecule has 1 aliphatic rings. The van der Waals surface area contributed by atoms with Crippen LogP contribution in [0.1, 0.15) is 35.6 Å². The number of fused-ring (bicyclic) bond motifs is 1. The number of benzene rings is 2. The minimum absolute atomic E-state index is 0.0502. The lowest BCUT2D eigenvalue weighted by molar-refractivity contribution is 0.0997. The molecule has 0 saturated heterocycles. The van der Waals surface area contributed by atoms with E-state index in [1.165, 1.54) is 12.1 Å². The third-order valence-corrected chi connectivity index (χ3v) is 5.88. The number of halogens is 2. The molecule has 3 heterocycles. The van der Waals surface area contributed by atoms with Crippen molar-refractivity contribution in [3.63, 3.8) is 0 Å². The smallest absolute Gasteiger partial charge is 0.291 e. The molecule has 2 aromatic heterocycles. The predicted molar refractivity (Wildman–Crippen MR) is 120 cm³/mol. The zero-order chi connectivity index (χ0) is 22.1. The fourth-order valence-corrected chi connectivity index (χ4v) is 4.14. The Kier molecular flexibility index (Phi) is 5.49. The number of amides is 1. The zero-order valence-electron chi connectivity index (χ0n) is 17.1. The van der Waals surface area contributed by atoms with Crippen molar-refractivity contribution >= 4 is 23.2 Å². The standard InChI is InChI=1S/C24H20ClFN4O2/c25-17-7-4-3-6-16(17)20-11-12-21(32-20)24(31)27-19-14-15(9-10-18(19)26)23-29-28-22-8-2-1-5-13-30(22)23/h3-4,6-7,9-12,14H,1-2,5,8,13H2,(H,27,31). The Bertz CT molecular complexity index is 1300. The molecule has 0 fully saturated rings. The molecule has 5 rings (SSSR count). The number of anilines is 1. The minimum Gasteiger partial charge on any atom is -0.451 e. The van der Waals surface area contributed by atoms with Crippen LogP contribution in [0.5, 0.6) is 0 Å². The second-order valence-corrected chi connectivity index (χ2v) is 8.10. The van der Waals surface area contributed by atoms with Crippen LogP contribution in [-0.2, 0) is 13.0 Å². The summed E-state index contributed by atoms with van der Waals surface area (Å²) in [6.07, 6.45) is 4.16. The molecule has 1 N–H and O–H groups in total. The van der Waals surface area contributed by atoms with Gasteiger partial charge in [0.1, 0.15) is 17.4 Å². The molecule has 1 amide bonds. The average molecular weight is 451 g/mol. The van der Waals surface area contributed by atoms with Crippen molar-refractivity contribution < 1.29 is 13.6 Å². The lowest BCUT2D eigenvalue weighted by atomic mass is 10.1. The van der Waals surface area contributed by atoms with Crippen LogP contribution >= 0.6 is 11.6 Å². The van der Waals surface area contributed by atoms with E-state index in [4.69, 9.17) is 16.0 Å². The Labute approximate surface area is 189 Å². The first-order valence-electron chi connectivity index (χ1n) is 10.5. The first-order valence-corrected chi connectivity index (χ1v) is 10.9. The molecule has 0 aliphatic carbocycles. The molecular weight excluding hydrogens is 431 g/mol. The fraction of sp³-hybridized carbons (Fsp3) is 0.208. The highest BCUT2D eigenvalue weighted by Crippen LogP contribution is 2.30. The van der Waals surface area contributed by atoms with Gasteiger partial charge in [-0.1, -0.05) is 30.2 Å². The average Bonchev–Trinajstić information content (AvgIpc) is 3.37. The fourth-order valence-electron chi connectivity index (χ4n) is 3.91. The van der Waals surface area contributed by atoms with E-state index in [2.05, 4.69) is 20.1 Å². The van der Waals surface area contributed by atoms with Crippen LogP contribution in [0.3, 0.4) is 0 Å². The van der Waals surface area contributed by atoms with Gasteiger partial charge in [0.15, 0.2) is 11.6 Å². The maximum Gasteiger partial charge on any atom is 0.291 e. The normalized spacial score (nSPS) is 13.4. The molecule has 6 nitrogen and oxygen atoms in total. The summed E-state index contributed by atoms with van der Waals surface area (Å²) >= 11 is 6.20. The van der Waals surface area contributed by atoms with E-state index >= 15 is 0 Å². The van der Waals surface area contributed by atoms with Crippen molar-refractivity contribution in [2.45, 2.75) is 32.2 Å². The van der Waals surface area contributed by atoms with Crippen molar-refractivity contribution in [1.82, 2.24) is 14.8 Å². The van der Waals surface area contributed by atoms with E-state index in [1.807, 2.05) is 12.1 Å². The van der Waals surface area contributed by atoms with Gasteiger partial charge in [-0.15, -0.1) is 10.2 Å². The Morgan fingerprint density at radius 2 is 1.94 bits per heavy atom. The van der Waals surface area contributed by atoms with Crippen molar-refractivity contribution in [3.05, 3.63) is 77.0 Å². The van der Waals surface area contributed by atoms with Crippen LogP contribution in [0.2, 0.25) is 5.02 Å². The number of hydrogen-bond donors (Lipinski definition) is 1. The number of aromatic nitrogens is 3. The van der Waals surface area contributed by atoms with E-state index in [9.17, 15) is 9.18 Å². The molecule has 0 bridgehead atoms. The number of hydrogen-bond acceptors (Lipinski definition) is 4. The second-order valence-electron chi connectivity index (χ2n) is 7.69. The highest BCUT2D eigenvalue weighted by atomic mass is 35.5. The molecular formula is C24H20ClFN4O2. The van der Waals surface area contributed by atoms with E-state index in [-0.39, 0.29) is 11.4 Å². The van der Waals surface area contributed by atoms with Gasteiger partial charge in [-0.05, 0) is 55.3 Å². The quantitative estimate of drug-likeness (QED) is 0.415. The maximum absolute atomic E-state index is 14.5. The largest absolute Gasteiger partial charge is 0.451 e. The van der Waals surface area contributed by atoms with Crippen LogP contribution in [0.4, 0.5) is 10.1 Å². The Balaban J connectivity index is 1.40. The summed E-state index contributed by atoms with van der Waals surface area (Å²) in [6.45, 7) is 0.827. The van der Waals surface area contributed by atoms with Gasteiger partial charge in [-0.25, -0.2) is 4.39 Å². The van der Waals surface area contributed by atoms with Crippen LogP contribution in [-0.4, -0.2) is 20.7 Å². The number of nitrogens with one attached hydrogen (secondary N) is 1. The molecule has 162 valence electrons. The number of nitrogens with zero attached hydrogens (tertiary/aromatic N) is 3. The van der Waals surface area contributed by atoms with Gasteiger partial charge < -0.3 is 14.3 Å². The van der Waals surface area contributed by atoms with Gasteiger partial charge in [-0.3, -0.25) is 4.79 Å². The number of furan rings is 1. The van der Waals surface area contributed by atoms with Gasteiger partial charge in [0.25, 0.3) is 5.91 Å². The van der Waals surface area contributed by atoms with Gasteiger partial charge in [-0.2, -0.15) is 0 Å². The molecule has 0 atom stereocenters. The topological polar surface area (TPSA) is 73.0 Å². The zero-order valence-corrected chi connectivity index (χ0v) is 17.9.